The number of rotatable bonds is 2. The molecule has 1 rings (SSSR count). The van der Waals surface area contributed by atoms with E-state index in [1.54, 1.807) is 0 Å². The second-order valence-electron chi connectivity index (χ2n) is 2.56. The van der Waals surface area contributed by atoms with Gasteiger partial charge in [0.25, 0.3) is 0 Å². The summed E-state index contributed by atoms with van der Waals surface area (Å²) in [6.07, 6.45) is 2.03. The van der Waals surface area contributed by atoms with Crippen LogP contribution in [0.1, 0.15) is 6.92 Å². The average Bonchev–Trinajstić information content (AvgIpc) is 2.07. The number of hydrogen-bond acceptors (Lipinski definition) is 4. The third-order valence-electron chi connectivity index (χ3n) is 1.65. The highest BCUT2D eigenvalue weighted by molar-refractivity contribution is 6.30. The summed E-state index contributed by atoms with van der Waals surface area (Å²) < 4.78 is 4.64. The fourth-order valence-electron chi connectivity index (χ4n) is 0.976. The second kappa shape index (κ2) is 3.35. The highest BCUT2D eigenvalue weighted by atomic mass is 16.5. The molecule has 68 valence electrons. The largest absolute Gasteiger partial charge is 0.493 e. The number of ketones is 3. The molecule has 0 aromatic carbocycles. The number of carbonyl (C=O) groups is 3. The Morgan fingerprint density at radius 1 is 1.23 bits per heavy atom. The summed E-state index contributed by atoms with van der Waals surface area (Å²) in [4.78, 5) is 33.1. The van der Waals surface area contributed by atoms with E-state index >= 15 is 0 Å². The minimum Gasteiger partial charge on any atom is -0.493 e. The summed E-state index contributed by atoms with van der Waals surface area (Å²) >= 11 is 0. The minimum atomic E-state index is -0.482. The Morgan fingerprint density at radius 2 is 1.85 bits per heavy atom. The third kappa shape index (κ3) is 1.72. The maximum absolute atomic E-state index is 11.2. The van der Waals surface area contributed by atoms with Crippen molar-refractivity contribution in [3.8, 4) is 0 Å². The maximum atomic E-state index is 11.2. The Labute approximate surface area is 74.9 Å². The number of Topliss-reactive ketones (excluding diaryl/α,β-unsaturated/α-hetero) is 1. The number of hydrogen-bond donors (Lipinski definition) is 0. The molecule has 0 radical (unpaired) electrons. The van der Waals surface area contributed by atoms with E-state index in [2.05, 4.69) is 4.74 Å². The molecule has 0 bridgehead atoms. The van der Waals surface area contributed by atoms with Gasteiger partial charge in [-0.05, 0) is 6.92 Å². The van der Waals surface area contributed by atoms with Crippen molar-refractivity contribution in [1.29, 1.82) is 0 Å². The lowest BCUT2D eigenvalue weighted by molar-refractivity contribution is -0.121. The molecule has 0 saturated carbocycles. The van der Waals surface area contributed by atoms with E-state index in [4.69, 9.17) is 0 Å². The Kier molecular flexibility index (Phi) is 2.41. The molecule has 0 aromatic rings. The fourth-order valence-corrected chi connectivity index (χ4v) is 0.976. The van der Waals surface area contributed by atoms with Gasteiger partial charge in [-0.2, -0.15) is 0 Å². The number of allylic oxidation sites excluding steroid dienone is 3. The van der Waals surface area contributed by atoms with E-state index in [9.17, 15) is 14.4 Å². The lowest BCUT2D eigenvalue weighted by Crippen LogP contribution is -2.18. The summed E-state index contributed by atoms with van der Waals surface area (Å²) in [5, 5.41) is 0. The number of carbonyl (C=O) groups excluding carboxylic acids is 3. The highest BCUT2D eigenvalue weighted by Crippen LogP contribution is 2.12. The van der Waals surface area contributed by atoms with Gasteiger partial charge in [0.05, 0.1) is 12.7 Å². The van der Waals surface area contributed by atoms with Crippen molar-refractivity contribution in [3.05, 3.63) is 23.5 Å². The summed E-state index contributed by atoms with van der Waals surface area (Å²) in [6.45, 7) is 1.24. The van der Waals surface area contributed by atoms with Crippen LogP contribution >= 0.6 is 0 Å². The Morgan fingerprint density at radius 3 is 2.31 bits per heavy atom. The molecule has 0 N–H and O–H groups in total. The quantitative estimate of drug-likeness (QED) is 0.449. The third-order valence-corrected chi connectivity index (χ3v) is 1.65. The van der Waals surface area contributed by atoms with Crippen molar-refractivity contribution in [2.45, 2.75) is 6.92 Å². The van der Waals surface area contributed by atoms with E-state index in [1.165, 1.54) is 14.0 Å². The van der Waals surface area contributed by atoms with Gasteiger partial charge in [-0.25, -0.2) is 0 Å². The zero-order valence-electron chi connectivity index (χ0n) is 7.29. The van der Waals surface area contributed by atoms with E-state index < -0.39 is 17.3 Å². The first-order valence-electron chi connectivity index (χ1n) is 3.63. The molecule has 13 heavy (non-hydrogen) atoms. The van der Waals surface area contributed by atoms with Crippen molar-refractivity contribution in [3.63, 3.8) is 0 Å². The van der Waals surface area contributed by atoms with Crippen molar-refractivity contribution in [2.75, 3.05) is 7.11 Å². The molecule has 0 aromatic heterocycles. The molecular weight excluding hydrogens is 172 g/mol. The van der Waals surface area contributed by atoms with Gasteiger partial charge in [0.2, 0.25) is 5.78 Å². The molecule has 0 spiro atoms. The topological polar surface area (TPSA) is 60.4 Å². The lowest BCUT2D eigenvalue weighted by atomic mass is 9.99. The Hall–Kier alpha value is -1.71. The van der Waals surface area contributed by atoms with Crippen LogP contribution in [-0.4, -0.2) is 24.5 Å². The first kappa shape index (κ1) is 9.38. The van der Waals surface area contributed by atoms with Gasteiger partial charge < -0.3 is 4.74 Å². The van der Waals surface area contributed by atoms with Crippen molar-refractivity contribution >= 4 is 17.3 Å². The molecule has 4 heteroatoms. The van der Waals surface area contributed by atoms with E-state index in [1.807, 2.05) is 0 Å². The zero-order chi connectivity index (χ0) is 10.0. The van der Waals surface area contributed by atoms with Gasteiger partial charge in [-0.15, -0.1) is 0 Å². The molecular formula is C9H8O4. The van der Waals surface area contributed by atoms with Crippen LogP contribution in [-0.2, 0) is 19.1 Å². The van der Waals surface area contributed by atoms with Crippen molar-refractivity contribution in [2.24, 2.45) is 0 Å². The van der Waals surface area contributed by atoms with Gasteiger partial charge in [-0.3, -0.25) is 14.4 Å². The van der Waals surface area contributed by atoms with Crippen LogP contribution in [0.3, 0.4) is 0 Å². The van der Waals surface area contributed by atoms with Crippen LogP contribution in [0.5, 0.6) is 0 Å². The van der Waals surface area contributed by atoms with Crippen LogP contribution in [0.4, 0.5) is 0 Å². The smallest absolute Gasteiger partial charge is 0.221 e. The molecule has 0 atom stereocenters. The van der Waals surface area contributed by atoms with E-state index in [0.717, 1.165) is 12.2 Å². The summed E-state index contributed by atoms with van der Waals surface area (Å²) in [5.41, 5.74) is -0.0919. The van der Waals surface area contributed by atoms with Crippen molar-refractivity contribution < 1.29 is 19.1 Å². The van der Waals surface area contributed by atoms with Gasteiger partial charge in [0.15, 0.2) is 17.3 Å². The van der Waals surface area contributed by atoms with E-state index in [0.29, 0.717) is 0 Å². The first-order valence-corrected chi connectivity index (χ1v) is 3.63. The van der Waals surface area contributed by atoms with Crippen LogP contribution in [0, 0.1) is 0 Å². The Bertz CT molecular complexity index is 347. The monoisotopic (exact) mass is 180 g/mol. The summed E-state index contributed by atoms with van der Waals surface area (Å²) in [5.74, 6) is -1.38. The molecule has 0 unspecified atom stereocenters. The molecule has 1 aliphatic rings. The normalized spacial score (nSPS) is 16.5. The highest BCUT2D eigenvalue weighted by Gasteiger charge is 2.22. The minimum absolute atomic E-state index is 0.0324. The standard InChI is InChI=1S/C9H8O4/c1-5(10)6-3-8(12)9(13-2)4-7(6)11/h3-4H,1-2H3. The molecule has 0 amide bonds. The number of ether oxygens (including phenoxy) is 1. The van der Waals surface area contributed by atoms with Crippen LogP contribution in [0.15, 0.2) is 23.5 Å². The van der Waals surface area contributed by atoms with Crippen LogP contribution < -0.4 is 0 Å². The summed E-state index contributed by atoms with van der Waals surface area (Å²) in [7, 11) is 1.30. The lowest BCUT2D eigenvalue weighted by Gasteiger charge is -2.08. The SMILES string of the molecule is COC1=CC(=O)C(C(C)=O)=CC1=O. The Balaban J connectivity index is 3.05. The van der Waals surface area contributed by atoms with Crippen molar-refractivity contribution in [1.82, 2.24) is 0 Å². The zero-order valence-corrected chi connectivity index (χ0v) is 7.29. The molecule has 1 aliphatic carbocycles. The van der Waals surface area contributed by atoms with Gasteiger partial charge in [0, 0.05) is 12.2 Å². The number of methoxy groups -OCH3 is 1. The maximum Gasteiger partial charge on any atom is 0.221 e. The van der Waals surface area contributed by atoms with Gasteiger partial charge in [-0.1, -0.05) is 0 Å². The molecule has 0 heterocycles. The molecule has 0 saturated heterocycles. The average molecular weight is 180 g/mol. The fraction of sp³-hybridized carbons (Fsp3) is 0.222. The predicted octanol–water partition coefficient (Wildman–Crippen LogP) is 0.184. The van der Waals surface area contributed by atoms with Gasteiger partial charge >= 0.3 is 0 Å². The predicted molar refractivity (Wildman–Crippen MR) is 43.9 cm³/mol. The van der Waals surface area contributed by atoms with Crippen LogP contribution in [0.2, 0.25) is 0 Å². The van der Waals surface area contributed by atoms with Gasteiger partial charge in [0.1, 0.15) is 0 Å². The first-order chi connectivity index (χ1) is 6.06. The van der Waals surface area contributed by atoms with E-state index in [-0.39, 0.29) is 11.3 Å². The molecule has 4 nitrogen and oxygen atoms in total. The molecule has 0 aliphatic heterocycles. The molecule has 0 fully saturated rings. The van der Waals surface area contributed by atoms with Crippen LogP contribution in [0.25, 0.3) is 0 Å². The second-order valence-corrected chi connectivity index (χ2v) is 2.56. The summed E-state index contributed by atoms with van der Waals surface area (Å²) in [6, 6.07) is 0.